The van der Waals surface area contributed by atoms with E-state index in [1.807, 2.05) is 4.90 Å². The maximum atomic E-state index is 12.7. The quantitative estimate of drug-likeness (QED) is 0.774. The molecule has 2 fully saturated rings. The number of rotatable bonds is 3. The second-order valence-corrected chi connectivity index (χ2v) is 8.20. The number of carbonyl (C=O) groups is 2. The van der Waals surface area contributed by atoms with Crippen LogP contribution in [0.3, 0.4) is 0 Å². The molecule has 2 aliphatic heterocycles. The minimum absolute atomic E-state index is 0.0402. The molecule has 1 aromatic heterocycles. The third kappa shape index (κ3) is 3.16. The third-order valence-electron chi connectivity index (χ3n) is 5.38. The zero-order valence-corrected chi connectivity index (χ0v) is 15.9. The van der Waals surface area contributed by atoms with E-state index in [1.165, 1.54) is 17.4 Å². The lowest BCUT2D eigenvalue weighted by Gasteiger charge is -2.41. The van der Waals surface area contributed by atoms with Gasteiger partial charge in [-0.3, -0.25) is 9.59 Å². The highest BCUT2D eigenvalue weighted by Crippen LogP contribution is 2.34. The lowest BCUT2D eigenvalue weighted by atomic mass is 9.93. The Morgan fingerprint density at radius 1 is 1.19 bits per heavy atom. The van der Waals surface area contributed by atoms with Crippen molar-refractivity contribution in [3.63, 3.8) is 0 Å². The van der Waals surface area contributed by atoms with E-state index >= 15 is 0 Å². The van der Waals surface area contributed by atoms with Gasteiger partial charge < -0.3 is 14.5 Å². The molecule has 1 amide bonds. The molecule has 2 aliphatic rings. The summed E-state index contributed by atoms with van der Waals surface area (Å²) in [7, 11) is 1.42. The van der Waals surface area contributed by atoms with Crippen LogP contribution in [0, 0.1) is 18.8 Å². The molecule has 3 heterocycles. The summed E-state index contributed by atoms with van der Waals surface area (Å²) in [5.41, 5.74) is 2.26. The van der Waals surface area contributed by atoms with Crippen molar-refractivity contribution >= 4 is 38.6 Å². The number of esters is 1. The van der Waals surface area contributed by atoms with E-state index in [0.717, 1.165) is 23.7 Å². The van der Waals surface area contributed by atoms with Gasteiger partial charge in [0, 0.05) is 26.2 Å². The first kappa shape index (κ1) is 17.3. The Morgan fingerprint density at radius 3 is 2.62 bits per heavy atom. The van der Waals surface area contributed by atoms with Gasteiger partial charge in [-0.25, -0.2) is 4.98 Å². The largest absolute Gasteiger partial charge is 0.469 e. The van der Waals surface area contributed by atoms with Crippen LogP contribution in [-0.2, 0) is 14.3 Å². The lowest BCUT2D eigenvalue weighted by Crippen LogP contribution is -2.56. The van der Waals surface area contributed by atoms with E-state index in [-0.39, 0.29) is 23.7 Å². The van der Waals surface area contributed by atoms with Gasteiger partial charge in [0.2, 0.25) is 5.91 Å². The van der Waals surface area contributed by atoms with E-state index in [2.05, 4.69) is 35.0 Å². The maximum Gasteiger partial charge on any atom is 0.308 e. The second kappa shape index (κ2) is 6.87. The molecule has 0 saturated carbocycles. The van der Waals surface area contributed by atoms with Crippen molar-refractivity contribution in [1.82, 2.24) is 9.88 Å². The fourth-order valence-corrected chi connectivity index (χ4v) is 4.79. The van der Waals surface area contributed by atoms with Gasteiger partial charge in [0.1, 0.15) is 0 Å². The lowest BCUT2D eigenvalue weighted by molar-refractivity contribution is -0.149. The van der Waals surface area contributed by atoms with E-state index < -0.39 is 0 Å². The highest BCUT2D eigenvalue weighted by molar-refractivity contribution is 7.22. The van der Waals surface area contributed by atoms with E-state index in [4.69, 9.17) is 4.74 Å². The van der Waals surface area contributed by atoms with Crippen molar-refractivity contribution in [2.45, 2.75) is 19.8 Å². The summed E-state index contributed by atoms with van der Waals surface area (Å²) in [6, 6.07) is 6.29. The fraction of sp³-hybridized carbons (Fsp3) is 0.526. The number of methoxy groups -OCH3 is 1. The van der Waals surface area contributed by atoms with Crippen LogP contribution in [0.2, 0.25) is 0 Å². The molecule has 0 aliphatic carbocycles. The molecule has 2 saturated heterocycles. The van der Waals surface area contributed by atoms with Gasteiger partial charge in [-0.1, -0.05) is 17.4 Å². The number of anilines is 1. The van der Waals surface area contributed by atoms with Crippen molar-refractivity contribution in [3.8, 4) is 0 Å². The normalized spacial score (nSPS) is 18.8. The number of aromatic nitrogens is 1. The van der Waals surface area contributed by atoms with E-state index in [0.29, 0.717) is 25.9 Å². The van der Waals surface area contributed by atoms with Crippen molar-refractivity contribution in [2.75, 3.05) is 38.2 Å². The smallest absolute Gasteiger partial charge is 0.308 e. The predicted molar refractivity (Wildman–Crippen MR) is 101 cm³/mol. The van der Waals surface area contributed by atoms with Crippen LogP contribution in [0.4, 0.5) is 5.13 Å². The molecular formula is C19H23N3O3S. The van der Waals surface area contributed by atoms with Crippen LogP contribution < -0.4 is 4.90 Å². The van der Waals surface area contributed by atoms with Gasteiger partial charge in [0.15, 0.2) is 5.13 Å². The Bertz CT molecular complexity index is 836. The van der Waals surface area contributed by atoms with Gasteiger partial charge in [0.05, 0.1) is 29.2 Å². The monoisotopic (exact) mass is 373 g/mol. The maximum absolute atomic E-state index is 12.7. The van der Waals surface area contributed by atoms with Crippen molar-refractivity contribution in [2.24, 2.45) is 11.8 Å². The molecule has 6 nitrogen and oxygen atoms in total. The van der Waals surface area contributed by atoms with Crippen LogP contribution >= 0.6 is 11.3 Å². The number of piperidine rings is 1. The third-order valence-corrected chi connectivity index (χ3v) is 6.45. The number of aryl methyl sites for hydroxylation is 1. The predicted octanol–water partition coefficient (Wildman–Crippen LogP) is 2.45. The molecule has 7 heteroatoms. The number of fused-ring (bicyclic) bond motifs is 1. The standard InChI is InChI=1S/C19H23N3O3S/c1-12-3-4-15-16(9-12)26-19(20-15)22-10-14(11-22)17(23)21-7-5-13(6-8-21)18(24)25-2/h3-4,9,13-14H,5-8,10-11H2,1-2H3. The summed E-state index contributed by atoms with van der Waals surface area (Å²) >= 11 is 1.69. The molecule has 138 valence electrons. The average molecular weight is 373 g/mol. The highest BCUT2D eigenvalue weighted by Gasteiger charge is 2.38. The van der Waals surface area contributed by atoms with E-state index in [1.54, 1.807) is 11.3 Å². The highest BCUT2D eigenvalue weighted by atomic mass is 32.1. The molecule has 0 atom stereocenters. The van der Waals surface area contributed by atoms with Crippen LogP contribution in [0.1, 0.15) is 18.4 Å². The number of carbonyl (C=O) groups excluding carboxylic acids is 2. The summed E-state index contributed by atoms with van der Waals surface area (Å²) in [6.07, 6.45) is 1.40. The Kier molecular flexibility index (Phi) is 4.56. The Morgan fingerprint density at radius 2 is 1.92 bits per heavy atom. The molecule has 26 heavy (non-hydrogen) atoms. The van der Waals surface area contributed by atoms with Gasteiger partial charge in [0.25, 0.3) is 0 Å². The van der Waals surface area contributed by atoms with Crippen molar-refractivity contribution < 1.29 is 14.3 Å². The number of nitrogens with zero attached hydrogens (tertiary/aromatic N) is 3. The molecule has 0 bridgehead atoms. The first-order valence-corrected chi connectivity index (χ1v) is 9.85. The molecule has 1 aromatic carbocycles. The van der Waals surface area contributed by atoms with Crippen molar-refractivity contribution in [3.05, 3.63) is 23.8 Å². The average Bonchev–Trinajstić information content (AvgIpc) is 3.02. The first-order chi connectivity index (χ1) is 12.5. The Labute approximate surface area is 156 Å². The molecule has 2 aromatic rings. The fourth-order valence-electron chi connectivity index (χ4n) is 3.71. The summed E-state index contributed by atoms with van der Waals surface area (Å²) in [5, 5.41) is 0.999. The van der Waals surface area contributed by atoms with Gasteiger partial charge in [-0.05, 0) is 37.5 Å². The first-order valence-electron chi connectivity index (χ1n) is 9.04. The van der Waals surface area contributed by atoms with E-state index in [9.17, 15) is 9.59 Å². The number of benzene rings is 1. The van der Waals surface area contributed by atoms with Crippen LogP contribution in [0.15, 0.2) is 18.2 Å². The zero-order valence-electron chi connectivity index (χ0n) is 15.1. The topological polar surface area (TPSA) is 62.7 Å². The summed E-state index contributed by atoms with van der Waals surface area (Å²) in [5.74, 6) is 0.0334. The minimum Gasteiger partial charge on any atom is -0.469 e. The number of ether oxygens (including phenoxy) is 1. The molecule has 0 spiro atoms. The molecule has 0 unspecified atom stereocenters. The van der Waals surface area contributed by atoms with Crippen LogP contribution in [0.25, 0.3) is 10.2 Å². The summed E-state index contributed by atoms with van der Waals surface area (Å²) in [4.78, 5) is 33.1. The van der Waals surface area contributed by atoms with Gasteiger partial charge >= 0.3 is 5.97 Å². The number of hydrogen-bond acceptors (Lipinski definition) is 6. The van der Waals surface area contributed by atoms with Crippen LogP contribution in [0.5, 0.6) is 0 Å². The number of amides is 1. The number of hydrogen-bond donors (Lipinski definition) is 0. The summed E-state index contributed by atoms with van der Waals surface area (Å²) in [6.45, 7) is 4.84. The molecular weight excluding hydrogens is 350 g/mol. The van der Waals surface area contributed by atoms with Gasteiger partial charge in [-0.15, -0.1) is 0 Å². The van der Waals surface area contributed by atoms with Crippen molar-refractivity contribution in [1.29, 1.82) is 0 Å². The van der Waals surface area contributed by atoms with Crippen LogP contribution in [-0.4, -0.2) is 55.0 Å². The SMILES string of the molecule is COC(=O)C1CCN(C(=O)C2CN(c3nc4ccc(C)cc4s3)C2)CC1. The number of thiazole rings is 1. The second-order valence-electron chi connectivity index (χ2n) is 7.19. The summed E-state index contributed by atoms with van der Waals surface area (Å²) < 4.78 is 6.00. The van der Waals surface area contributed by atoms with Gasteiger partial charge in [-0.2, -0.15) is 0 Å². The molecule has 0 N–H and O–H groups in total. The zero-order chi connectivity index (χ0) is 18.3. The Balaban J connectivity index is 1.32. The molecule has 4 rings (SSSR count). The molecule has 0 radical (unpaired) electrons. The number of likely N-dealkylation sites (tertiary alicyclic amines) is 1. The minimum atomic E-state index is -0.155. The Hall–Kier alpha value is -2.15.